The molecule has 1 N–H and O–H groups in total. The van der Waals surface area contributed by atoms with Crippen molar-refractivity contribution in [1.29, 1.82) is 0 Å². The molecule has 1 atom stereocenters. The molecule has 0 saturated heterocycles. The summed E-state index contributed by atoms with van der Waals surface area (Å²) in [5, 5.41) is 13.2. The van der Waals surface area contributed by atoms with E-state index in [1.165, 1.54) is 23.1 Å². The minimum atomic E-state index is -0.0952. The van der Waals surface area contributed by atoms with E-state index in [9.17, 15) is 4.79 Å². The minimum absolute atomic E-state index is 0.0214. The number of amides is 1. The minimum Gasteiger partial charge on any atom is -0.492 e. The summed E-state index contributed by atoms with van der Waals surface area (Å²) in [5.74, 6) is 1.07. The number of para-hydroxylation sites is 3. The number of hydrogen-bond acceptors (Lipinski definition) is 9. The summed E-state index contributed by atoms with van der Waals surface area (Å²) in [6.07, 6.45) is 0. The lowest BCUT2D eigenvalue weighted by Crippen LogP contribution is -2.31. The molecule has 0 radical (unpaired) electrons. The summed E-state index contributed by atoms with van der Waals surface area (Å²) in [7, 11) is 1.82. The highest BCUT2D eigenvalue weighted by Gasteiger charge is 2.21. The van der Waals surface area contributed by atoms with Gasteiger partial charge in [-0.1, -0.05) is 47.4 Å². The van der Waals surface area contributed by atoms with Crippen molar-refractivity contribution in [2.45, 2.75) is 24.2 Å². The van der Waals surface area contributed by atoms with E-state index in [2.05, 4.69) is 26.6 Å². The number of thiazole rings is 1. The van der Waals surface area contributed by atoms with E-state index < -0.39 is 0 Å². The van der Waals surface area contributed by atoms with Crippen LogP contribution in [0.2, 0.25) is 0 Å². The van der Waals surface area contributed by atoms with E-state index in [1.54, 1.807) is 16.2 Å². The number of nitrogens with one attached hydrogen (secondary N) is 1. The van der Waals surface area contributed by atoms with Gasteiger partial charge in [0.25, 0.3) is 0 Å². The van der Waals surface area contributed by atoms with Gasteiger partial charge < -0.3 is 15.0 Å². The van der Waals surface area contributed by atoms with Crippen molar-refractivity contribution in [1.82, 2.24) is 20.1 Å². The molecule has 2 heterocycles. The lowest BCUT2D eigenvalue weighted by molar-refractivity contribution is -0.128. The predicted octanol–water partition coefficient (Wildman–Crippen LogP) is 5.60. The second-order valence-electron chi connectivity index (χ2n) is 6.92. The number of anilines is 2. The second kappa shape index (κ2) is 10.3. The molecule has 4 rings (SSSR count). The molecule has 0 aliphatic heterocycles. The van der Waals surface area contributed by atoms with Gasteiger partial charge in [0.15, 0.2) is 4.34 Å². The predicted molar refractivity (Wildman–Crippen MR) is 132 cm³/mol. The maximum atomic E-state index is 12.8. The molecule has 0 fully saturated rings. The Labute approximate surface area is 198 Å². The van der Waals surface area contributed by atoms with Gasteiger partial charge in [0, 0.05) is 7.05 Å². The molecule has 2 aromatic carbocycles. The molecule has 0 saturated carbocycles. The SMILES string of the molecule is CCOc1ccccc1Nc1nnc(SCC(=O)N(C)C(C)c2nc3ccccc3s2)s1. The fourth-order valence-electron chi connectivity index (χ4n) is 2.96. The normalized spacial score (nSPS) is 12.0. The number of fused-ring (bicyclic) bond motifs is 1. The Bertz CT molecular complexity index is 1180. The van der Waals surface area contributed by atoms with Gasteiger partial charge in [-0.05, 0) is 38.1 Å². The van der Waals surface area contributed by atoms with Crippen molar-refractivity contribution in [2.75, 3.05) is 24.7 Å². The van der Waals surface area contributed by atoms with E-state index in [1.807, 2.05) is 63.4 Å². The van der Waals surface area contributed by atoms with Gasteiger partial charge in [0.1, 0.15) is 10.8 Å². The first-order valence-corrected chi connectivity index (χ1v) is 12.7. The van der Waals surface area contributed by atoms with Crippen LogP contribution in [0.25, 0.3) is 10.2 Å². The van der Waals surface area contributed by atoms with E-state index in [4.69, 9.17) is 4.74 Å². The van der Waals surface area contributed by atoms with Crippen LogP contribution >= 0.6 is 34.4 Å². The number of carbonyl (C=O) groups excluding carboxylic acids is 1. The average molecular weight is 486 g/mol. The van der Waals surface area contributed by atoms with Crippen molar-refractivity contribution in [2.24, 2.45) is 0 Å². The highest BCUT2D eigenvalue weighted by molar-refractivity contribution is 8.01. The second-order valence-corrected chi connectivity index (χ2v) is 10.2. The molecule has 166 valence electrons. The zero-order chi connectivity index (χ0) is 22.5. The van der Waals surface area contributed by atoms with Crippen LogP contribution in [-0.2, 0) is 4.79 Å². The first kappa shape index (κ1) is 22.5. The van der Waals surface area contributed by atoms with Crippen LogP contribution in [0.1, 0.15) is 24.9 Å². The fraction of sp³-hybridized carbons (Fsp3) is 0.273. The van der Waals surface area contributed by atoms with Crippen LogP contribution in [0.15, 0.2) is 52.9 Å². The van der Waals surface area contributed by atoms with Crippen LogP contribution in [0.5, 0.6) is 5.75 Å². The lowest BCUT2D eigenvalue weighted by Gasteiger charge is -2.22. The van der Waals surface area contributed by atoms with Crippen LogP contribution in [0.3, 0.4) is 0 Å². The number of ether oxygens (including phenoxy) is 1. The quantitative estimate of drug-likeness (QED) is 0.309. The number of rotatable bonds is 9. The van der Waals surface area contributed by atoms with E-state index in [-0.39, 0.29) is 17.7 Å². The molecule has 7 nitrogen and oxygen atoms in total. The maximum Gasteiger partial charge on any atom is 0.233 e. The van der Waals surface area contributed by atoms with Gasteiger partial charge in [-0.2, -0.15) is 0 Å². The van der Waals surface area contributed by atoms with Crippen LogP contribution < -0.4 is 10.1 Å². The molecular formula is C22H23N5O2S3. The van der Waals surface area contributed by atoms with Crippen LogP contribution in [-0.4, -0.2) is 45.4 Å². The third-order valence-corrected chi connectivity index (χ3v) is 7.96. The topological polar surface area (TPSA) is 80.2 Å². The molecule has 4 aromatic rings. The summed E-state index contributed by atoms with van der Waals surface area (Å²) in [5.41, 5.74) is 1.80. The van der Waals surface area contributed by atoms with Crippen molar-refractivity contribution >= 4 is 61.4 Å². The number of hydrogen-bond donors (Lipinski definition) is 1. The van der Waals surface area contributed by atoms with E-state index in [0.717, 1.165) is 31.0 Å². The van der Waals surface area contributed by atoms with Crippen molar-refractivity contribution in [3.8, 4) is 5.75 Å². The zero-order valence-electron chi connectivity index (χ0n) is 17.9. The van der Waals surface area contributed by atoms with Crippen LogP contribution in [0.4, 0.5) is 10.8 Å². The number of nitrogens with zero attached hydrogens (tertiary/aromatic N) is 4. The van der Waals surface area contributed by atoms with Crippen molar-refractivity contribution < 1.29 is 9.53 Å². The standard InChI is InChI=1S/C22H23N5O2S3/c1-4-29-17-11-7-5-9-15(17)24-21-25-26-22(32-21)30-13-19(28)27(3)14(2)20-23-16-10-6-8-12-18(16)31-20/h5-12,14H,4,13H2,1-3H3,(H,24,25). The van der Waals surface area contributed by atoms with Gasteiger partial charge in [-0.15, -0.1) is 21.5 Å². The van der Waals surface area contributed by atoms with Gasteiger partial charge in [-0.25, -0.2) is 4.98 Å². The van der Waals surface area contributed by atoms with Gasteiger partial charge in [0.05, 0.1) is 34.3 Å². The monoisotopic (exact) mass is 485 g/mol. The van der Waals surface area contributed by atoms with Crippen LogP contribution in [0, 0.1) is 0 Å². The molecule has 0 spiro atoms. The largest absolute Gasteiger partial charge is 0.492 e. The number of benzene rings is 2. The Hall–Kier alpha value is -2.69. The highest BCUT2D eigenvalue weighted by atomic mass is 32.2. The number of thioether (sulfide) groups is 1. The molecule has 1 amide bonds. The number of carbonyl (C=O) groups is 1. The molecule has 0 bridgehead atoms. The molecule has 2 aromatic heterocycles. The van der Waals surface area contributed by atoms with Gasteiger partial charge in [0.2, 0.25) is 11.0 Å². The summed E-state index contributed by atoms with van der Waals surface area (Å²) < 4.78 is 7.49. The molecule has 0 aliphatic rings. The Morgan fingerprint density at radius 3 is 2.75 bits per heavy atom. The Morgan fingerprint density at radius 2 is 1.94 bits per heavy atom. The third-order valence-electron chi connectivity index (χ3n) is 4.80. The van der Waals surface area contributed by atoms with E-state index >= 15 is 0 Å². The molecule has 1 unspecified atom stereocenters. The Balaban J connectivity index is 1.34. The summed E-state index contributed by atoms with van der Waals surface area (Å²) >= 11 is 4.42. The molecular weight excluding hydrogens is 462 g/mol. The molecule has 10 heteroatoms. The lowest BCUT2D eigenvalue weighted by atomic mass is 10.3. The fourth-order valence-corrected chi connectivity index (χ4v) is 5.71. The Kier molecular flexibility index (Phi) is 7.23. The summed E-state index contributed by atoms with van der Waals surface area (Å²) in [4.78, 5) is 19.2. The maximum absolute atomic E-state index is 12.8. The Morgan fingerprint density at radius 1 is 1.16 bits per heavy atom. The van der Waals surface area contributed by atoms with E-state index in [0.29, 0.717) is 11.7 Å². The summed E-state index contributed by atoms with van der Waals surface area (Å²) in [6, 6.07) is 15.6. The van der Waals surface area contributed by atoms with Crippen molar-refractivity contribution in [3.63, 3.8) is 0 Å². The number of aromatic nitrogens is 3. The third kappa shape index (κ3) is 5.20. The molecule has 32 heavy (non-hydrogen) atoms. The van der Waals surface area contributed by atoms with Crippen molar-refractivity contribution in [3.05, 3.63) is 53.5 Å². The zero-order valence-corrected chi connectivity index (χ0v) is 20.4. The van der Waals surface area contributed by atoms with Gasteiger partial charge in [-0.3, -0.25) is 4.79 Å². The molecule has 0 aliphatic carbocycles. The first-order chi connectivity index (χ1) is 15.5. The highest BCUT2D eigenvalue weighted by Crippen LogP contribution is 2.33. The summed E-state index contributed by atoms with van der Waals surface area (Å²) in [6.45, 7) is 4.53. The first-order valence-electron chi connectivity index (χ1n) is 10.1. The average Bonchev–Trinajstić information content (AvgIpc) is 3.44. The smallest absolute Gasteiger partial charge is 0.233 e. The van der Waals surface area contributed by atoms with Gasteiger partial charge >= 0.3 is 0 Å².